The number of nitrogens with two attached hydrogens (primary N) is 1. The molecule has 0 unspecified atom stereocenters. The third-order valence-corrected chi connectivity index (χ3v) is 2.68. The van der Waals surface area contributed by atoms with Crippen molar-refractivity contribution >= 4 is 5.84 Å². The van der Waals surface area contributed by atoms with Crippen molar-refractivity contribution < 1.29 is 23.1 Å². The van der Waals surface area contributed by atoms with Crippen molar-refractivity contribution in [1.82, 2.24) is 0 Å². The Balaban J connectivity index is 2.27. The Morgan fingerprint density at radius 3 is 2.24 bits per heavy atom. The van der Waals surface area contributed by atoms with E-state index in [1.165, 1.54) is 42.5 Å². The molecule has 0 saturated carbocycles. The van der Waals surface area contributed by atoms with Crippen LogP contribution in [0.2, 0.25) is 0 Å². The molecular formula is C14H11F3N2O2. The molecule has 0 aliphatic carbocycles. The van der Waals surface area contributed by atoms with Crippen LogP contribution in [-0.4, -0.2) is 11.0 Å². The van der Waals surface area contributed by atoms with Crippen LogP contribution in [0.1, 0.15) is 11.1 Å². The monoisotopic (exact) mass is 296 g/mol. The van der Waals surface area contributed by atoms with Gasteiger partial charge in [0.15, 0.2) is 5.84 Å². The van der Waals surface area contributed by atoms with Crippen molar-refractivity contribution in [1.29, 1.82) is 0 Å². The smallest absolute Gasteiger partial charge is 0.419 e. The molecule has 0 aliphatic rings. The molecule has 0 atom stereocenters. The number of alkyl halides is 3. The topological polar surface area (TPSA) is 67.8 Å². The summed E-state index contributed by atoms with van der Waals surface area (Å²) in [5.41, 5.74) is 4.96. The molecule has 21 heavy (non-hydrogen) atoms. The summed E-state index contributed by atoms with van der Waals surface area (Å²) in [6.45, 7) is 0. The molecule has 0 radical (unpaired) electrons. The van der Waals surface area contributed by atoms with Crippen molar-refractivity contribution in [3.8, 4) is 11.5 Å². The van der Waals surface area contributed by atoms with Crippen molar-refractivity contribution in [3.05, 3.63) is 59.7 Å². The van der Waals surface area contributed by atoms with Gasteiger partial charge in [-0.2, -0.15) is 13.2 Å². The number of hydrogen-bond donors (Lipinski definition) is 2. The molecule has 0 aromatic heterocycles. The minimum absolute atomic E-state index is 0.0998. The van der Waals surface area contributed by atoms with E-state index in [-0.39, 0.29) is 17.3 Å². The van der Waals surface area contributed by atoms with Crippen molar-refractivity contribution in [2.45, 2.75) is 6.18 Å². The van der Waals surface area contributed by atoms with Crippen LogP contribution in [-0.2, 0) is 6.18 Å². The molecule has 2 aromatic rings. The Labute approximate surface area is 118 Å². The lowest BCUT2D eigenvalue weighted by atomic mass is 10.2. The van der Waals surface area contributed by atoms with Crippen molar-refractivity contribution in [3.63, 3.8) is 0 Å². The van der Waals surface area contributed by atoms with Gasteiger partial charge < -0.3 is 15.7 Å². The zero-order valence-electron chi connectivity index (χ0n) is 10.6. The van der Waals surface area contributed by atoms with E-state index in [0.29, 0.717) is 5.56 Å². The van der Waals surface area contributed by atoms with E-state index in [1.54, 1.807) is 0 Å². The van der Waals surface area contributed by atoms with E-state index in [1.807, 2.05) is 0 Å². The van der Waals surface area contributed by atoms with E-state index < -0.39 is 11.7 Å². The SMILES string of the molecule is N/C(=N\O)c1ccc(Oc2ccccc2C(F)(F)F)cc1. The maximum absolute atomic E-state index is 12.8. The van der Waals surface area contributed by atoms with Crippen LogP contribution in [0.3, 0.4) is 0 Å². The number of amidine groups is 1. The second-order valence-electron chi connectivity index (χ2n) is 4.11. The highest BCUT2D eigenvalue weighted by Gasteiger charge is 2.34. The number of ether oxygens (including phenoxy) is 1. The van der Waals surface area contributed by atoms with E-state index in [0.717, 1.165) is 6.07 Å². The zero-order valence-corrected chi connectivity index (χ0v) is 10.6. The van der Waals surface area contributed by atoms with Crippen LogP contribution in [0.25, 0.3) is 0 Å². The lowest BCUT2D eigenvalue weighted by Crippen LogP contribution is -2.12. The standard InChI is InChI=1S/C14H11F3N2O2/c15-14(16,17)11-3-1-2-4-12(11)21-10-7-5-9(6-8-10)13(18)19-20/h1-8,20H,(H2,18,19). The van der Waals surface area contributed by atoms with Crippen LogP contribution in [0.5, 0.6) is 11.5 Å². The predicted molar refractivity (Wildman–Crippen MR) is 70.5 cm³/mol. The predicted octanol–water partition coefficient (Wildman–Crippen LogP) is 3.59. The Hall–Kier alpha value is -2.70. The average Bonchev–Trinajstić information content (AvgIpc) is 2.47. The molecule has 3 N–H and O–H groups in total. The van der Waals surface area contributed by atoms with E-state index in [4.69, 9.17) is 15.7 Å². The number of nitrogens with zero attached hydrogens (tertiary/aromatic N) is 1. The lowest BCUT2D eigenvalue weighted by molar-refractivity contribution is -0.138. The van der Waals surface area contributed by atoms with Gasteiger partial charge in [-0.1, -0.05) is 17.3 Å². The summed E-state index contributed by atoms with van der Waals surface area (Å²) in [6.07, 6.45) is -4.50. The summed E-state index contributed by atoms with van der Waals surface area (Å²) >= 11 is 0. The summed E-state index contributed by atoms with van der Waals surface area (Å²) in [4.78, 5) is 0. The molecule has 2 aromatic carbocycles. The summed E-state index contributed by atoms with van der Waals surface area (Å²) < 4.78 is 43.7. The molecule has 0 amide bonds. The van der Waals surface area contributed by atoms with Gasteiger partial charge in [0.05, 0.1) is 5.56 Å². The van der Waals surface area contributed by atoms with Gasteiger partial charge in [-0.05, 0) is 36.4 Å². The van der Waals surface area contributed by atoms with Crippen LogP contribution < -0.4 is 10.5 Å². The molecule has 0 heterocycles. The van der Waals surface area contributed by atoms with E-state index in [9.17, 15) is 13.2 Å². The van der Waals surface area contributed by atoms with Gasteiger partial charge in [0.1, 0.15) is 11.5 Å². The summed E-state index contributed by atoms with van der Waals surface area (Å²) in [6, 6.07) is 10.7. The Bertz CT molecular complexity index is 652. The first-order chi connectivity index (χ1) is 9.91. The van der Waals surface area contributed by atoms with E-state index in [2.05, 4.69) is 5.16 Å². The van der Waals surface area contributed by atoms with Crippen LogP contribution in [0.4, 0.5) is 13.2 Å². The fourth-order valence-corrected chi connectivity index (χ4v) is 1.67. The fraction of sp³-hybridized carbons (Fsp3) is 0.0714. The molecule has 0 bridgehead atoms. The third-order valence-electron chi connectivity index (χ3n) is 2.68. The fourth-order valence-electron chi connectivity index (χ4n) is 1.67. The number of benzene rings is 2. The highest BCUT2D eigenvalue weighted by molar-refractivity contribution is 5.97. The van der Waals surface area contributed by atoms with Gasteiger partial charge in [0.25, 0.3) is 0 Å². The molecule has 0 saturated heterocycles. The Kier molecular flexibility index (Phi) is 4.02. The van der Waals surface area contributed by atoms with Crippen molar-refractivity contribution in [2.24, 2.45) is 10.9 Å². The molecule has 7 heteroatoms. The first-order valence-corrected chi connectivity index (χ1v) is 5.84. The third kappa shape index (κ3) is 3.44. The second kappa shape index (κ2) is 5.74. The highest BCUT2D eigenvalue weighted by Crippen LogP contribution is 2.37. The maximum atomic E-state index is 12.8. The Morgan fingerprint density at radius 2 is 1.67 bits per heavy atom. The number of hydrogen-bond acceptors (Lipinski definition) is 3. The molecule has 2 rings (SSSR count). The summed E-state index contributed by atoms with van der Waals surface area (Å²) in [7, 11) is 0. The first kappa shape index (κ1) is 14.7. The lowest BCUT2D eigenvalue weighted by Gasteiger charge is -2.13. The zero-order chi connectivity index (χ0) is 15.5. The summed E-state index contributed by atoms with van der Waals surface area (Å²) in [5, 5.41) is 11.3. The quantitative estimate of drug-likeness (QED) is 0.393. The van der Waals surface area contributed by atoms with Gasteiger partial charge in [-0.25, -0.2) is 0 Å². The number of halogens is 3. The number of oxime groups is 1. The molecule has 0 aliphatic heterocycles. The molecular weight excluding hydrogens is 285 g/mol. The van der Waals surface area contributed by atoms with Crippen LogP contribution in [0.15, 0.2) is 53.7 Å². The van der Waals surface area contributed by atoms with E-state index >= 15 is 0 Å². The minimum Gasteiger partial charge on any atom is -0.457 e. The van der Waals surface area contributed by atoms with Gasteiger partial charge in [0, 0.05) is 5.56 Å². The molecule has 0 spiro atoms. The van der Waals surface area contributed by atoms with Crippen molar-refractivity contribution in [2.75, 3.05) is 0 Å². The van der Waals surface area contributed by atoms with Crippen LogP contribution in [0, 0.1) is 0 Å². The largest absolute Gasteiger partial charge is 0.457 e. The number of para-hydroxylation sites is 1. The first-order valence-electron chi connectivity index (χ1n) is 5.84. The molecule has 110 valence electrons. The minimum atomic E-state index is -4.50. The maximum Gasteiger partial charge on any atom is 0.419 e. The molecule has 0 fully saturated rings. The Morgan fingerprint density at radius 1 is 1.05 bits per heavy atom. The number of rotatable bonds is 3. The van der Waals surface area contributed by atoms with Gasteiger partial charge in [-0.15, -0.1) is 0 Å². The van der Waals surface area contributed by atoms with Crippen LogP contribution >= 0.6 is 0 Å². The van der Waals surface area contributed by atoms with Gasteiger partial charge in [-0.3, -0.25) is 0 Å². The normalized spacial score (nSPS) is 12.2. The van der Waals surface area contributed by atoms with Gasteiger partial charge in [0.2, 0.25) is 0 Å². The highest BCUT2D eigenvalue weighted by atomic mass is 19.4. The second-order valence-corrected chi connectivity index (χ2v) is 4.11. The molecule has 4 nitrogen and oxygen atoms in total. The summed E-state index contributed by atoms with van der Waals surface area (Å²) in [5.74, 6) is -0.181. The average molecular weight is 296 g/mol. The van der Waals surface area contributed by atoms with Gasteiger partial charge >= 0.3 is 6.18 Å².